The number of allylic oxidation sites excluding steroid dienone is 1. The zero-order valence-electron chi connectivity index (χ0n) is 17.4. The third-order valence-corrected chi connectivity index (χ3v) is 4.00. The molecule has 0 atom stereocenters. The Morgan fingerprint density at radius 2 is 1.75 bits per heavy atom. The fraction of sp³-hybridized carbons (Fsp3) is 0.360. The van der Waals surface area contributed by atoms with Gasteiger partial charge in [0, 0.05) is 18.5 Å². The summed E-state index contributed by atoms with van der Waals surface area (Å²) in [4.78, 5) is 2.24. The topological polar surface area (TPSA) is 32.7 Å². The molecule has 0 bridgehead atoms. The Bertz CT molecular complexity index is 837. The molecule has 2 rings (SSSR count). The first-order chi connectivity index (χ1) is 13.4. The molecule has 1 N–H and O–H groups in total. The van der Waals surface area contributed by atoms with E-state index in [4.69, 9.17) is 4.74 Å². The van der Waals surface area contributed by atoms with Gasteiger partial charge in [-0.05, 0) is 62.7 Å². The summed E-state index contributed by atoms with van der Waals surface area (Å²) in [6.07, 6.45) is 4.02. The summed E-state index contributed by atoms with van der Waals surface area (Å²) in [5, 5.41) is 9.24. The van der Waals surface area contributed by atoms with Gasteiger partial charge in [-0.3, -0.25) is 4.90 Å². The molecular formula is C25H31NO2. The molecule has 0 aliphatic rings. The molecule has 2 aromatic rings. The molecule has 0 aliphatic carbocycles. The van der Waals surface area contributed by atoms with Gasteiger partial charge in [-0.25, -0.2) is 0 Å². The van der Waals surface area contributed by atoms with E-state index in [0.29, 0.717) is 6.61 Å². The van der Waals surface area contributed by atoms with Gasteiger partial charge in [-0.15, -0.1) is 0 Å². The van der Waals surface area contributed by atoms with Gasteiger partial charge in [-0.2, -0.15) is 0 Å². The molecule has 0 saturated carbocycles. The van der Waals surface area contributed by atoms with Crippen LogP contribution in [0.2, 0.25) is 0 Å². The number of aliphatic hydroxyl groups is 1. The molecule has 0 heterocycles. The van der Waals surface area contributed by atoms with Gasteiger partial charge in [0.2, 0.25) is 0 Å². The van der Waals surface area contributed by atoms with E-state index in [1.807, 2.05) is 42.5 Å². The molecule has 0 radical (unpaired) electrons. The summed E-state index contributed by atoms with van der Waals surface area (Å²) < 4.78 is 5.93. The summed E-state index contributed by atoms with van der Waals surface area (Å²) in [7, 11) is 2.09. The summed E-state index contributed by atoms with van der Waals surface area (Å²) in [6, 6.07) is 16.0. The summed E-state index contributed by atoms with van der Waals surface area (Å²) in [6.45, 7) is 8.55. The molecule has 28 heavy (non-hydrogen) atoms. The Hall–Kier alpha value is -2.54. The predicted molar refractivity (Wildman–Crippen MR) is 116 cm³/mol. The molecule has 0 aliphatic heterocycles. The Balaban J connectivity index is 1.86. The van der Waals surface area contributed by atoms with Crippen molar-refractivity contribution in [3.8, 4) is 17.6 Å². The minimum Gasteiger partial charge on any atom is -0.489 e. The monoisotopic (exact) mass is 377 g/mol. The van der Waals surface area contributed by atoms with Crippen molar-refractivity contribution < 1.29 is 9.84 Å². The van der Waals surface area contributed by atoms with Crippen LogP contribution in [0.4, 0.5) is 0 Å². The number of likely N-dealkylation sites (N-methyl/N-ethyl adjacent to an activating group) is 1. The lowest BCUT2D eigenvalue weighted by atomic mass is 9.98. The largest absolute Gasteiger partial charge is 0.489 e. The van der Waals surface area contributed by atoms with Gasteiger partial charge >= 0.3 is 0 Å². The van der Waals surface area contributed by atoms with Gasteiger partial charge in [0.05, 0.1) is 6.61 Å². The smallest absolute Gasteiger partial charge is 0.120 e. The second kappa shape index (κ2) is 10.7. The lowest BCUT2D eigenvalue weighted by molar-refractivity contribution is 0.280. The number of rotatable bonds is 8. The van der Waals surface area contributed by atoms with Crippen LogP contribution in [0.25, 0.3) is 0 Å². The molecule has 0 fully saturated rings. The van der Waals surface area contributed by atoms with Crippen molar-refractivity contribution >= 4 is 0 Å². The maximum atomic E-state index is 9.24. The molecule has 148 valence electrons. The molecule has 0 spiro atoms. The van der Waals surface area contributed by atoms with E-state index in [2.05, 4.69) is 62.8 Å². The van der Waals surface area contributed by atoms with Crippen LogP contribution in [-0.4, -0.2) is 23.6 Å². The SMILES string of the molecule is CN(CC=CC#CC(C)(C)C)Cc1cccc(OCc2cccc(CO)c2)c1. The van der Waals surface area contributed by atoms with E-state index < -0.39 is 0 Å². The molecular weight excluding hydrogens is 346 g/mol. The summed E-state index contributed by atoms with van der Waals surface area (Å²) in [5.41, 5.74) is 3.20. The van der Waals surface area contributed by atoms with E-state index in [9.17, 15) is 5.11 Å². The Kier molecular flexibility index (Phi) is 8.32. The van der Waals surface area contributed by atoms with Crippen LogP contribution in [0.15, 0.2) is 60.7 Å². The van der Waals surface area contributed by atoms with Crippen LogP contribution in [-0.2, 0) is 19.8 Å². The van der Waals surface area contributed by atoms with Gasteiger partial charge in [0.25, 0.3) is 0 Å². The van der Waals surface area contributed by atoms with Crippen molar-refractivity contribution in [1.29, 1.82) is 0 Å². The number of hydrogen-bond acceptors (Lipinski definition) is 3. The Morgan fingerprint density at radius 1 is 1.04 bits per heavy atom. The maximum absolute atomic E-state index is 9.24. The highest BCUT2D eigenvalue weighted by Gasteiger charge is 2.03. The zero-order chi connectivity index (χ0) is 20.4. The summed E-state index contributed by atoms with van der Waals surface area (Å²) in [5.74, 6) is 7.16. The number of nitrogens with zero attached hydrogens (tertiary/aromatic N) is 1. The second-order valence-corrected chi connectivity index (χ2v) is 8.03. The van der Waals surface area contributed by atoms with E-state index in [1.54, 1.807) is 0 Å². The van der Waals surface area contributed by atoms with Gasteiger partial charge in [0.1, 0.15) is 12.4 Å². The van der Waals surface area contributed by atoms with E-state index in [1.165, 1.54) is 5.56 Å². The quantitative estimate of drug-likeness (QED) is 0.671. The first kappa shape index (κ1) is 21.8. The van der Waals surface area contributed by atoms with E-state index in [-0.39, 0.29) is 12.0 Å². The van der Waals surface area contributed by atoms with Crippen molar-refractivity contribution in [3.63, 3.8) is 0 Å². The minimum atomic E-state index is 0.0378. The maximum Gasteiger partial charge on any atom is 0.120 e. The van der Waals surface area contributed by atoms with Crippen molar-refractivity contribution in [2.75, 3.05) is 13.6 Å². The number of hydrogen-bond donors (Lipinski definition) is 1. The zero-order valence-corrected chi connectivity index (χ0v) is 17.4. The van der Waals surface area contributed by atoms with E-state index >= 15 is 0 Å². The first-order valence-electron chi connectivity index (χ1n) is 9.62. The number of benzene rings is 2. The van der Waals surface area contributed by atoms with Crippen molar-refractivity contribution in [3.05, 3.63) is 77.4 Å². The lowest BCUT2D eigenvalue weighted by Gasteiger charge is -2.15. The highest BCUT2D eigenvalue weighted by Crippen LogP contribution is 2.17. The van der Waals surface area contributed by atoms with Crippen LogP contribution >= 0.6 is 0 Å². The first-order valence-corrected chi connectivity index (χ1v) is 9.62. The van der Waals surface area contributed by atoms with Gasteiger partial charge in [-0.1, -0.05) is 54.3 Å². The van der Waals surface area contributed by atoms with Gasteiger partial charge < -0.3 is 9.84 Å². The molecule has 3 heteroatoms. The van der Waals surface area contributed by atoms with Crippen LogP contribution in [0.5, 0.6) is 5.75 Å². The molecule has 0 unspecified atom stereocenters. The average molecular weight is 378 g/mol. The van der Waals surface area contributed by atoms with Gasteiger partial charge in [0.15, 0.2) is 0 Å². The van der Waals surface area contributed by atoms with Crippen molar-refractivity contribution in [2.24, 2.45) is 5.41 Å². The molecule has 3 nitrogen and oxygen atoms in total. The van der Waals surface area contributed by atoms with Crippen LogP contribution in [0.1, 0.15) is 37.5 Å². The molecule has 0 aromatic heterocycles. The Morgan fingerprint density at radius 3 is 2.50 bits per heavy atom. The van der Waals surface area contributed by atoms with Crippen LogP contribution < -0.4 is 4.74 Å². The minimum absolute atomic E-state index is 0.0378. The number of ether oxygens (including phenoxy) is 1. The normalized spacial score (nSPS) is 11.5. The molecule has 2 aromatic carbocycles. The van der Waals surface area contributed by atoms with Crippen molar-refractivity contribution in [2.45, 2.75) is 40.5 Å². The standard InChI is InChI=1S/C25H31NO2/c1-25(2,3)14-6-5-7-15-26(4)18-21-10-9-13-24(17-21)28-20-23-12-8-11-22(16-23)19-27/h5,7-13,16-17,27H,15,18-20H2,1-4H3. The molecule has 0 amide bonds. The average Bonchev–Trinajstić information content (AvgIpc) is 2.65. The lowest BCUT2D eigenvalue weighted by Crippen LogP contribution is -2.17. The highest BCUT2D eigenvalue weighted by atomic mass is 16.5. The summed E-state index contributed by atoms with van der Waals surface area (Å²) >= 11 is 0. The molecule has 0 saturated heterocycles. The van der Waals surface area contributed by atoms with E-state index in [0.717, 1.165) is 30.0 Å². The Labute approximate surface area is 169 Å². The fourth-order valence-electron chi connectivity index (χ4n) is 2.64. The van der Waals surface area contributed by atoms with Crippen LogP contribution in [0, 0.1) is 17.3 Å². The predicted octanol–water partition coefficient (Wildman–Crippen LogP) is 4.80. The van der Waals surface area contributed by atoms with Crippen LogP contribution in [0.3, 0.4) is 0 Å². The third kappa shape index (κ3) is 8.43. The number of aliphatic hydroxyl groups excluding tert-OH is 1. The fourth-order valence-corrected chi connectivity index (χ4v) is 2.64. The third-order valence-electron chi connectivity index (χ3n) is 4.00. The second-order valence-electron chi connectivity index (χ2n) is 8.03. The van der Waals surface area contributed by atoms with Crippen molar-refractivity contribution in [1.82, 2.24) is 4.90 Å². The highest BCUT2D eigenvalue weighted by molar-refractivity contribution is 5.29.